The molecule has 1 aromatic rings. The van der Waals surface area contributed by atoms with Crippen molar-refractivity contribution in [2.45, 2.75) is 25.5 Å². The molecule has 0 spiro atoms. The molecule has 1 heterocycles. The lowest BCUT2D eigenvalue weighted by atomic mass is 10.1. The van der Waals surface area contributed by atoms with E-state index in [2.05, 4.69) is 4.90 Å². The molecule has 1 fully saturated rings. The van der Waals surface area contributed by atoms with Crippen molar-refractivity contribution >= 4 is 5.69 Å². The number of hydrogen-bond donors (Lipinski definition) is 3. The van der Waals surface area contributed by atoms with E-state index < -0.39 is 0 Å². The van der Waals surface area contributed by atoms with Gasteiger partial charge in [0.05, 0.1) is 6.10 Å². The molecule has 0 aliphatic carbocycles. The third-order valence-corrected chi connectivity index (χ3v) is 3.05. The minimum absolute atomic E-state index is 0.161. The van der Waals surface area contributed by atoms with Crippen molar-refractivity contribution in [2.75, 3.05) is 18.8 Å². The number of nitrogen functional groups attached to an aromatic ring is 1. The Labute approximate surface area is 95.3 Å². The number of likely N-dealkylation sites (tertiary alicyclic amines) is 1. The molecule has 0 aromatic heterocycles. The Bertz CT molecular complexity index is 360. The molecule has 0 atom stereocenters. The largest absolute Gasteiger partial charge is 0.508 e. The molecule has 0 amide bonds. The second kappa shape index (κ2) is 4.72. The maximum Gasteiger partial charge on any atom is 0.120 e. The summed E-state index contributed by atoms with van der Waals surface area (Å²) >= 11 is 0. The van der Waals surface area contributed by atoms with Crippen LogP contribution in [0.4, 0.5) is 5.69 Å². The van der Waals surface area contributed by atoms with E-state index in [9.17, 15) is 10.2 Å². The molecule has 1 aliphatic rings. The molecular formula is C12H18N2O2. The predicted octanol–water partition coefficient (Wildman–Crippen LogP) is 0.931. The van der Waals surface area contributed by atoms with Crippen LogP contribution in [-0.4, -0.2) is 34.3 Å². The monoisotopic (exact) mass is 222 g/mol. The number of anilines is 1. The molecule has 4 heteroatoms. The van der Waals surface area contributed by atoms with Gasteiger partial charge in [0.15, 0.2) is 0 Å². The van der Waals surface area contributed by atoms with E-state index in [-0.39, 0.29) is 6.10 Å². The lowest BCUT2D eigenvalue weighted by molar-refractivity contribution is 0.0789. The van der Waals surface area contributed by atoms with Crippen molar-refractivity contribution in [2.24, 2.45) is 0 Å². The second-order valence-corrected chi connectivity index (χ2v) is 4.40. The molecule has 0 saturated carbocycles. The maximum atomic E-state index is 9.69. The number of phenolic OH excluding ortho intramolecular Hbond substituents is 1. The Kier molecular flexibility index (Phi) is 3.31. The highest BCUT2D eigenvalue weighted by Crippen LogP contribution is 2.23. The third kappa shape index (κ3) is 2.65. The molecule has 1 aliphatic heterocycles. The lowest BCUT2D eigenvalue weighted by Gasteiger charge is -2.29. The summed E-state index contributed by atoms with van der Waals surface area (Å²) in [6.45, 7) is 2.44. The number of phenols is 1. The van der Waals surface area contributed by atoms with Crippen LogP contribution in [0, 0.1) is 0 Å². The van der Waals surface area contributed by atoms with E-state index in [1.165, 1.54) is 0 Å². The number of nitrogens with two attached hydrogens (primary N) is 1. The first-order chi connectivity index (χ1) is 7.65. The molecule has 1 saturated heterocycles. The number of nitrogens with zero attached hydrogens (tertiary/aromatic N) is 1. The average Bonchev–Trinajstić information content (AvgIpc) is 2.27. The zero-order valence-electron chi connectivity index (χ0n) is 9.26. The van der Waals surface area contributed by atoms with Gasteiger partial charge in [0.2, 0.25) is 0 Å². The Hall–Kier alpha value is -1.26. The van der Waals surface area contributed by atoms with Crippen molar-refractivity contribution in [3.05, 3.63) is 23.8 Å². The highest BCUT2D eigenvalue weighted by Gasteiger charge is 2.17. The van der Waals surface area contributed by atoms with E-state index in [1.54, 1.807) is 18.2 Å². The topological polar surface area (TPSA) is 69.7 Å². The lowest BCUT2D eigenvalue weighted by Crippen LogP contribution is -2.35. The van der Waals surface area contributed by atoms with Crippen LogP contribution < -0.4 is 5.73 Å². The Balaban J connectivity index is 2.00. The summed E-state index contributed by atoms with van der Waals surface area (Å²) in [4.78, 5) is 2.22. The SMILES string of the molecule is Nc1ccc(O)c(CN2CCC(O)CC2)c1. The number of aliphatic hydroxyl groups is 1. The van der Waals surface area contributed by atoms with Gasteiger partial charge in [0, 0.05) is 30.9 Å². The molecule has 0 unspecified atom stereocenters. The van der Waals surface area contributed by atoms with Gasteiger partial charge in [-0.3, -0.25) is 4.90 Å². The first kappa shape index (κ1) is 11.2. The normalized spacial score (nSPS) is 18.8. The number of aliphatic hydroxyl groups excluding tert-OH is 1. The van der Waals surface area contributed by atoms with Crippen LogP contribution in [0.15, 0.2) is 18.2 Å². The number of benzene rings is 1. The fourth-order valence-corrected chi connectivity index (χ4v) is 2.05. The molecule has 4 nitrogen and oxygen atoms in total. The summed E-state index contributed by atoms with van der Waals surface area (Å²) in [5.74, 6) is 0.292. The van der Waals surface area contributed by atoms with Gasteiger partial charge in [-0.05, 0) is 31.0 Å². The molecule has 0 bridgehead atoms. The Morgan fingerprint density at radius 2 is 2.00 bits per heavy atom. The van der Waals surface area contributed by atoms with E-state index in [4.69, 9.17) is 5.73 Å². The van der Waals surface area contributed by atoms with Crippen molar-refractivity contribution in [1.82, 2.24) is 4.90 Å². The minimum atomic E-state index is -0.161. The quantitative estimate of drug-likeness (QED) is 0.514. The van der Waals surface area contributed by atoms with E-state index in [0.29, 0.717) is 18.0 Å². The molecule has 2 rings (SSSR count). The zero-order chi connectivity index (χ0) is 11.5. The van der Waals surface area contributed by atoms with Crippen LogP contribution in [0.2, 0.25) is 0 Å². The standard InChI is InChI=1S/C12H18N2O2/c13-10-1-2-12(16)9(7-10)8-14-5-3-11(15)4-6-14/h1-2,7,11,15-16H,3-6,8,13H2. The number of aromatic hydroxyl groups is 1. The Morgan fingerprint density at radius 3 is 2.69 bits per heavy atom. The highest BCUT2D eigenvalue weighted by molar-refractivity contribution is 5.47. The van der Waals surface area contributed by atoms with Crippen molar-refractivity contribution in [1.29, 1.82) is 0 Å². The average molecular weight is 222 g/mol. The maximum absolute atomic E-state index is 9.69. The molecule has 1 aromatic carbocycles. The van der Waals surface area contributed by atoms with Gasteiger partial charge >= 0.3 is 0 Å². The van der Waals surface area contributed by atoms with Crippen LogP contribution >= 0.6 is 0 Å². The number of piperidine rings is 1. The first-order valence-electron chi connectivity index (χ1n) is 5.63. The van der Waals surface area contributed by atoms with Gasteiger partial charge in [-0.2, -0.15) is 0 Å². The molecular weight excluding hydrogens is 204 g/mol. The molecule has 88 valence electrons. The van der Waals surface area contributed by atoms with E-state index in [0.717, 1.165) is 31.5 Å². The fraction of sp³-hybridized carbons (Fsp3) is 0.500. The smallest absolute Gasteiger partial charge is 0.120 e. The summed E-state index contributed by atoms with van der Waals surface area (Å²) in [6, 6.07) is 5.13. The predicted molar refractivity (Wildman–Crippen MR) is 63.0 cm³/mol. The summed E-state index contributed by atoms with van der Waals surface area (Å²) < 4.78 is 0. The fourth-order valence-electron chi connectivity index (χ4n) is 2.05. The molecule has 4 N–H and O–H groups in total. The molecule has 16 heavy (non-hydrogen) atoms. The zero-order valence-corrected chi connectivity index (χ0v) is 9.26. The Morgan fingerprint density at radius 1 is 1.31 bits per heavy atom. The van der Waals surface area contributed by atoms with Gasteiger partial charge in [-0.25, -0.2) is 0 Å². The van der Waals surface area contributed by atoms with Gasteiger partial charge < -0.3 is 15.9 Å². The van der Waals surface area contributed by atoms with Crippen LogP contribution in [0.3, 0.4) is 0 Å². The van der Waals surface area contributed by atoms with Crippen molar-refractivity contribution in [3.63, 3.8) is 0 Å². The third-order valence-electron chi connectivity index (χ3n) is 3.05. The van der Waals surface area contributed by atoms with Crippen LogP contribution in [0.5, 0.6) is 5.75 Å². The van der Waals surface area contributed by atoms with Gasteiger partial charge in [0.25, 0.3) is 0 Å². The summed E-state index contributed by atoms with van der Waals surface area (Å²) in [5.41, 5.74) is 7.21. The summed E-state index contributed by atoms with van der Waals surface area (Å²) in [7, 11) is 0. The van der Waals surface area contributed by atoms with Crippen LogP contribution in [0.1, 0.15) is 18.4 Å². The van der Waals surface area contributed by atoms with E-state index in [1.807, 2.05) is 0 Å². The van der Waals surface area contributed by atoms with Crippen LogP contribution in [0.25, 0.3) is 0 Å². The van der Waals surface area contributed by atoms with Crippen molar-refractivity contribution in [3.8, 4) is 5.75 Å². The first-order valence-corrected chi connectivity index (χ1v) is 5.63. The number of rotatable bonds is 2. The number of hydrogen-bond acceptors (Lipinski definition) is 4. The van der Waals surface area contributed by atoms with Gasteiger partial charge in [0.1, 0.15) is 5.75 Å². The second-order valence-electron chi connectivity index (χ2n) is 4.40. The minimum Gasteiger partial charge on any atom is -0.508 e. The van der Waals surface area contributed by atoms with Gasteiger partial charge in [-0.1, -0.05) is 0 Å². The van der Waals surface area contributed by atoms with Gasteiger partial charge in [-0.15, -0.1) is 0 Å². The highest BCUT2D eigenvalue weighted by atomic mass is 16.3. The van der Waals surface area contributed by atoms with Crippen molar-refractivity contribution < 1.29 is 10.2 Å². The summed E-state index contributed by atoms with van der Waals surface area (Å²) in [6.07, 6.45) is 1.46. The summed E-state index contributed by atoms with van der Waals surface area (Å²) in [5, 5.41) is 19.1. The van der Waals surface area contributed by atoms with Crippen LogP contribution in [-0.2, 0) is 6.54 Å². The molecule has 0 radical (unpaired) electrons. The van der Waals surface area contributed by atoms with E-state index >= 15 is 0 Å².